The molecule has 4 heteroatoms. The van der Waals surface area contributed by atoms with Crippen LogP contribution in [0.1, 0.15) is 33.6 Å². The van der Waals surface area contributed by atoms with Crippen molar-refractivity contribution in [3.8, 4) is 0 Å². The van der Waals surface area contributed by atoms with Crippen LogP contribution in [0.4, 0.5) is 0 Å². The lowest BCUT2D eigenvalue weighted by Gasteiger charge is -2.29. The molecule has 0 spiro atoms. The third kappa shape index (κ3) is 2.74. The molecule has 1 amide bonds. The molecule has 0 bridgehead atoms. The summed E-state index contributed by atoms with van der Waals surface area (Å²) in [6, 6.07) is 0.426. The molecule has 1 aliphatic rings. The lowest BCUT2D eigenvalue weighted by Crippen LogP contribution is -2.44. The van der Waals surface area contributed by atoms with E-state index in [9.17, 15) is 4.79 Å². The molecule has 1 aliphatic heterocycles. The van der Waals surface area contributed by atoms with Crippen molar-refractivity contribution in [2.75, 3.05) is 20.6 Å². The van der Waals surface area contributed by atoms with Gasteiger partial charge in [-0.05, 0) is 33.9 Å². The molecule has 16 heavy (non-hydrogen) atoms. The van der Waals surface area contributed by atoms with Gasteiger partial charge in [0.05, 0.1) is 12.2 Å². The third-order valence-corrected chi connectivity index (χ3v) is 3.49. The summed E-state index contributed by atoms with van der Waals surface area (Å²) in [4.78, 5) is 16.3. The number of hydrogen-bond acceptors (Lipinski definition) is 3. The van der Waals surface area contributed by atoms with Crippen molar-refractivity contribution in [2.24, 2.45) is 0 Å². The number of carbonyl (C=O) groups excluding carboxylic acids is 1. The zero-order chi connectivity index (χ0) is 12.3. The lowest BCUT2D eigenvalue weighted by molar-refractivity contribution is -0.130. The second-order valence-corrected chi connectivity index (χ2v) is 4.85. The van der Waals surface area contributed by atoms with Crippen molar-refractivity contribution in [1.29, 1.82) is 0 Å². The van der Waals surface area contributed by atoms with Crippen LogP contribution < -0.4 is 5.32 Å². The molecule has 1 saturated heterocycles. The Morgan fingerprint density at radius 3 is 2.44 bits per heavy atom. The Labute approximate surface area is 99.0 Å². The lowest BCUT2D eigenvalue weighted by atomic mass is 10.2. The largest absolute Gasteiger partial charge is 0.324 e. The summed E-state index contributed by atoms with van der Waals surface area (Å²) in [5, 5.41) is 3.39. The Morgan fingerprint density at radius 2 is 2.00 bits per heavy atom. The Morgan fingerprint density at radius 1 is 1.38 bits per heavy atom. The van der Waals surface area contributed by atoms with E-state index in [1.807, 2.05) is 4.90 Å². The van der Waals surface area contributed by atoms with Crippen molar-refractivity contribution >= 4 is 5.91 Å². The average molecular weight is 227 g/mol. The van der Waals surface area contributed by atoms with Gasteiger partial charge in [0.25, 0.3) is 0 Å². The highest BCUT2D eigenvalue weighted by Crippen LogP contribution is 2.16. The SMILES string of the molecule is CCC1NC(CC)N(CC(C)N(C)C)C1=O. The fourth-order valence-electron chi connectivity index (χ4n) is 2.04. The number of rotatable bonds is 5. The van der Waals surface area contributed by atoms with E-state index in [1.54, 1.807) is 0 Å². The minimum absolute atomic E-state index is 0.0271. The summed E-state index contributed by atoms with van der Waals surface area (Å²) in [7, 11) is 4.10. The first-order chi connectivity index (χ1) is 7.51. The van der Waals surface area contributed by atoms with Gasteiger partial charge in [0.2, 0.25) is 5.91 Å². The molecule has 0 aliphatic carbocycles. The van der Waals surface area contributed by atoms with Gasteiger partial charge < -0.3 is 9.80 Å². The Balaban J connectivity index is 2.65. The molecule has 0 aromatic rings. The van der Waals surface area contributed by atoms with Crippen LogP contribution >= 0.6 is 0 Å². The Hall–Kier alpha value is -0.610. The molecule has 4 nitrogen and oxygen atoms in total. The Kier molecular flexibility index (Phi) is 4.74. The van der Waals surface area contributed by atoms with Crippen molar-refractivity contribution in [3.05, 3.63) is 0 Å². The zero-order valence-corrected chi connectivity index (χ0v) is 11.2. The number of nitrogens with one attached hydrogen (secondary N) is 1. The highest BCUT2D eigenvalue weighted by molar-refractivity contribution is 5.84. The van der Waals surface area contributed by atoms with E-state index >= 15 is 0 Å². The monoisotopic (exact) mass is 227 g/mol. The zero-order valence-electron chi connectivity index (χ0n) is 11.2. The van der Waals surface area contributed by atoms with Gasteiger partial charge in [-0.2, -0.15) is 0 Å². The summed E-state index contributed by atoms with van der Waals surface area (Å²) in [5.74, 6) is 0.267. The molecule has 0 saturated carbocycles. The van der Waals surface area contributed by atoms with Crippen molar-refractivity contribution in [1.82, 2.24) is 15.1 Å². The maximum Gasteiger partial charge on any atom is 0.241 e. The second kappa shape index (κ2) is 5.64. The molecule has 1 rings (SSSR count). The maximum absolute atomic E-state index is 12.1. The summed E-state index contributed by atoms with van der Waals surface area (Å²) < 4.78 is 0. The van der Waals surface area contributed by atoms with Crippen molar-refractivity contribution < 1.29 is 4.79 Å². The van der Waals surface area contributed by atoms with Gasteiger partial charge in [-0.15, -0.1) is 0 Å². The van der Waals surface area contributed by atoms with Gasteiger partial charge >= 0.3 is 0 Å². The van der Waals surface area contributed by atoms with E-state index in [0.29, 0.717) is 6.04 Å². The summed E-state index contributed by atoms with van der Waals surface area (Å²) in [6.07, 6.45) is 2.07. The fourth-order valence-corrected chi connectivity index (χ4v) is 2.04. The van der Waals surface area contributed by atoms with Crippen LogP contribution in [0.3, 0.4) is 0 Å². The summed E-state index contributed by atoms with van der Waals surface area (Å²) >= 11 is 0. The van der Waals surface area contributed by atoms with Gasteiger partial charge in [-0.25, -0.2) is 0 Å². The van der Waals surface area contributed by atoms with E-state index < -0.39 is 0 Å². The van der Waals surface area contributed by atoms with E-state index in [4.69, 9.17) is 0 Å². The average Bonchev–Trinajstić information content (AvgIpc) is 2.55. The molecule has 1 fully saturated rings. The summed E-state index contributed by atoms with van der Waals surface area (Å²) in [5.41, 5.74) is 0. The smallest absolute Gasteiger partial charge is 0.241 e. The minimum atomic E-state index is 0.0271. The molecule has 0 radical (unpaired) electrons. The van der Waals surface area contributed by atoms with Crippen LogP contribution in [0.25, 0.3) is 0 Å². The first kappa shape index (κ1) is 13.5. The van der Waals surface area contributed by atoms with Gasteiger partial charge in [0.15, 0.2) is 0 Å². The fraction of sp³-hybridized carbons (Fsp3) is 0.917. The van der Waals surface area contributed by atoms with Gasteiger partial charge in [0, 0.05) is 12.6 Å². The molecule has 94 valence electrons. The predicted molar refractivity (Wildman–Crippen MR) is 66.2 cm³/mol. The highest BCUT2D eigenvalue weighted by Gasteiger charge is 2.37. The van der Waals surface area contributed by atoms with Crippen LogP contribution in [-0.4, -0.2) is 54.6 Å². The van der Waals surface area contributed by atoms with Crippen LogP contribution in [0.15, 0.2) is 0 Å². The van der Waals surface area contributed by atoms with Crippen molar-refractivity contribution in [3.63, 3.8) is 0 Å². The molecular weight excluding hydrogens is 202 g/mol. The van der Waals surface area contributed by atoms with Crippen molar-refractivity contribution in [2.45, 2.75) is 51.9 Å². The third-order valence-electron chi connectivity index (χ3n) is 3.49. The number of hydrogen-bond donors (Lipinski definition) is 1. The van der Waals surface area contributed by atoms with Gasteiger partial charge in [-0.1, -0.05) is 13.8 Å². The van der Waals surface area contributed by atoms with Crippen LogP contribution in [0, 0.1) is 0 Å². The van der Waals surface area contributed by atoms with Crippen LogP contribution in [0.2, 0.25) is 0 Å². The van der Waals surface area contributed by atoms with Gasteiger partial charge in [0.1, 0.15) is 0 Å². The normalized spacial score (nSPS) is 27.9. The number of likely N-dealkylation sites (N-methyl/N-ethyl adjacent to an activating group) is 1. The Bertz CT molecular complexity index is 242. The van der Waals surface area contributed by atoms with Gasteiger partial charge in [-0.3, -0.25) is 10.1 Å². The van der Waals surface area contributed by atoms with E-state index in [-0.39, 0.29) is 18.1 Å². The van der Waals surface area contributed by atoms with Crippen LogP contribution in [0.5, 0.6) is 0 Å². The van der Waals surface area contributed by atoms with Crippen LogP contribution in [-0.2, 0) is 4.79 Å². The minimum Gasteiger partial charge on any atom is -0.324 e. The summed E-state index contributed by atoms with van der Waals surface area (Å²) in [6.45, 7) is 7.14. The number of amides is 1. The highest BCUT2D eigenvalue weighted by atomic mass is 16.2. The molecule has 3 unspecified atom stereocenters. The van der Waals surface area contributed by atoms with E-state index in [2.05, 4.69) is 45.1 Å². The first-order valence-corrected chi connectivity index (χ1v) is 6.24. The first-order valence-electron chi connectivity index (χ1n) is 6.24. The molecule has 1 heterocycles. The standard InChI is InChI=1S/C12H25N3O/c1-6-10-12(16)15(11(7-2)13-10)8-9(3)14(4)5/h9-11,13H,6-8H2,1-5H3. The molecule has 0 aromatic heterocycles. The van der Waals surface area contributed by atoms with E-state index in [0.717, 1.165) is 19.4 Å². The molecular formula is C12H25N3O. The molecule has 3 atom stereocenters. The number of nitrogens with zero attached hydrogens (tertiary/aromatic N) is 2. The second-order valence-electron chi connectivity index (χ2n) is 4.85. The maximum atomic E-state index is 12.1. The topological polar surface area (TPSA) is 35.6 Å². The molecule has 1 N–H and O–H groups in total. The molecule has 0 aromatic carbocycles. The predicted octanol–water partition coefficient (Wildman–Crippen LogP) is 0.883. The number of carbonyl (C=O) groups is 1. The van der Waals surface area contributed by atoms with E-state index in [1.165, 1.54) is 0 Å². The quantitative estimate of drug-likeness (QED) is 0.757.